The van der Waals surface area contributed by atoms with Gasteiger partial charge in [-0.25, -0.2) is 4.79 Å². The molecule has 0 bridgehead atoms. The number of benzene rings is 4. The summed E-state index contributed by atoms with van der Waals surface area (Å²) in [5.41, 5.74) is 10.7. The Kier molecular flexibility index (Phi) is 8.58. The highest BCUT2D eigenvalue weighted by Crippen LogP contribution is 2.44. The van der Waals surface area contributed by atoms with Crippen molar-refractivity contribution >= 4 is 29.2 Å². The Hall–Kier alpha value is -4.64. The third-order valence-electron chi connectivity index (χ3n) is 6.92. The number of hydrogen-bond acceptors (Lipinski definition) is 7. The van der Waals surface area contributed by atoms with E-state index in [0.29, 0.717) is 32.9 Å². The van der Waals surface area contributed by atoms with Crippen LogP contribution in [0.1, 0.15) is 33.7 Å². The normalized spacial score (nSPS) is 13.9. The van der Waals surface area contributed by atoms with Crippen LogP contribution in [0.15, 0.2) is 90.3 Å². The molecular weight excluding hydrogens is 575 g/mol. The van der Waals surface area contributed by atoms with Gasteiger partial charge in [0.25, 0.3) is 0 Å². The lowest BCUT2D eigenvalue weighted by Crippen LogP contribution is -2.22. The number of nitriles is 1. The van der Waals surface area contributed by atoms with Gasteiger partial charge in [-0.1, -0.05) is 59.6 Å². The first kappa shape index (κ1) is 28.9. The van der Waals surface area contributed by atoms with Crippen LogP contribution in [0, 0.1) is 25.2 Å². The van der Waals surface area contributed by atoms with Crippen LogP contribution in [0.3, 0.4) is 0 Å². The van der Waals surface area contributed by atoms with Crippen molar-refractivity contribution in [2.24, 2.45) is 5.73 Å². The lowest BCUT2D eigenvalue weighted by atomic mass is 9.83. The maximum Gasteiger partial charge on any atom is 0.349 e. The van der Waals surface area contributed by atoms with E-state index in [1.807, 2.05) is 50.2 Å². The lowest BCUT2D eigenvalue weighted by Gasteiger charge is -2.27. The summed E-state index contributed by atoms with van der Waals surface area (Å²) in [6.07, 6.45) is 0. The van der Waals surface area contributed by atoms with Gasteiger partial charge in [0.1, 0.15) is 41.2 Å². The van der Waals surface area contributed by atoms with Crippen LogP contribution in [-0.2, 0) is 11.4 Å². The molecule has 1 atom stereocenters. The predicted octanol–water partition coefficient (Wildman–Crippen LogP) is 7.39. The molecule has 1 aliphatic rings. The molecule has 4 aromatic rings. The van der Waals surface area contributed by atoms with E-state index in [2.05, 4.69) is 6.07 Å². The minimum atomic E-state index is -0.574. The molecule has 9 heteroatoms. The molecule has 42 heavy (non-hydrogen) atoms. The minimum absolute atomic E-state index is 0.0315. The molecule has 0 radical (unpaired) electrons. The number of nitrogens with two attached hydrogens (primary N) is 1. The Labute approximate surface area is 253 Å². The summed E-state index contributed by atoms with van der Waals surface area (Å²) in [7, 11) is 0. The van der Waals surface area contributed by atoms with Gasteiger partial charge in [0.05, 0.1) is 5.92 Å². The number of halogens is 2. The van der Waals surface area contributed by atoms with Crippen molar-refractivity contribution in [3.8, 4) is 29.1 Å². The van der Waals surface area contributed by atoms with Crippen LogP contribution in [0.25, 0.3) is 0 Å². The maximum absolute atomic E-state index is 12.5. The minimum Gasteiger partial charge on any atom is -0.489 e. The Balaban J connectivity index is 1.34. The number of esters is 1. The number of carbonyl (C=O) groups excluding carboxylic acids is 1. The molecule has 0 amide bonds. The highest BCUT2D eigenvalue weighted by Gasteiger charge is 2.31. The van der Waals surface area contributed by atoms with Gasteiger partial charge in [-0.3, -0.25) is 0 Å². The smallest absolute Gasteiger partial charge is 0.349 e. The Bertz CT molecular complexity index is 1750. The first-order valence-corrected chi connectivity index (χ1v) is 13.8. The van der Waals surface area contributed by atoms with Crippen LogP contribution in [0.4, 0.5) is 0 Å². The Morgan fingerprint density at radius 3 is 2.57 bits per heavy atom. The molecule has 0 saturated carbocycles. The zero-order valence-electron chi connectivity index (χ0n) is 22.8. The molecule has 0 aliphatic carbocycles. The molecule has 5 rings (SSSR count). The number of carbonyl (C=O) groups is 1. The fourth-order valence-electron chi connectivity index (χ4n) is 4.60. The van der Waals surface area contributed by atoms with E-state index in [0.717, 1.165) is 22.3 Å². The molecule has 0 aromatic heterocycles. The number of nitrogens with zero attached hydrogens (tertiary/aromatic N) is 1. The summed E-state index contributed by atoms with van der Waals surface area (Å²) < 4.78 is 23.0. The van der Waals surface area contributed by atoms with E-state index < -0.39 is 11.9 Å². The molecule has 0 spiro atoms. The number of aryl methyl sites for hydroxylation is 1. The molecule has 212 valence electrons. The zero-order chi connectivity index (χ0) is 29.8. The van der Waals surface area contributed by atoms with E-state index >= 15 is 0 Å². The molecule has 7 nitrogen and oxygen atoms in total. The van der Waals surface area contributed by atoms with Gasteiger partial charge >= 0.3 is 5.97 Å². The Morgan fingerprint density at radius 1 is 0.976 bits per heavy atom. The largest absolute Gasteiger partial charge is 0.489 e. The number of fused-ring (bicyclic) bond motifs is 1. The summed E-state index contributed by atoms with van der Waals surface area (Å²) in [6.45, 7) is 3.87. The van der Waals surface area contributed by atoms with Crippen molar-refractivity contribution in [2.75, 3.05) is 6.61 Å². The fourth-order valence-corrected chi connectivity index (χ4v) is 5.07. The van der Waals surface area contributed by atoms with E-state index in [1.165, 1.54) is 0 Å². The van der Waals surface area contributed by atoms with Crippen molar-refractivity contribution in [1.29, 1.82) is 5.26 Å². The van der Waals surface area contributed by atoms with Crippen molar-refractivity contribution in [2.45, 2.75) is 26.4 Å². The first-order valence-electron chi connectivity index (χ1n) is 13.0. The van der Waals surface area contributed by atoms with Gasteiger partial charge in [-0.2, -0.15) is 5.26 Å². The van der Waals surface area contributed by atoms with Gasteiger partial charge in [0.15, 0.2) is 6.61 Å². The lowest BCUT2D eigenvalue weighted by molar-refractivity contribution is -0.136. The second-order valence-corrected chi connectivity index (χ2v) is 10.5. The van der Waals surface area contributed by atoms with Crippen LogP contribution in [0.2, 0.25) is 10.0 Å². The second kappa shape index (κ2) is 12.5. The predicted molar refractivity (Wildman–Crippen MR) is 160 cm³/mol. The quantitative estimate of drug-likeness (QED) is 0.166. The van der Waals surface area contributed by atoms with Crippen LogP contribution >= 0.6 is 23.2 Å². The number of allylic oxidation sites excluding steroid dienone is 1. The molecule has 2 N–H and O–H groups in total. The van der Waals surface area contributed by atoms with Gasteiger partial charge < -0.3 is 24.7 Å². The van der Waals surface area contributed by atoms with E-state index in [4.69, 9.17) is 47.9 Å². The van der Waals surface area contributed by atoms with Crippen molar-refractivity contribution in [1.82, 2.24) is 0 Å². The van der Waals surface area contributed by atoms with Crippen molar-refractivity contribution in [3.63, 3.8) is 0 Å². The number of hydrogen-bond donors (Lipinski definition) is 1. The van der Waals surface area contributed by atoms with E-state index in [-0.39, 0.29) is 30.4 Å². The number of rotatable bonds is 8. The summed E-state index contributed by atoms with van der Waals surface area (Å²) in [5, 5.41) is 11.0. The number of ether oxygens (including phenoxy) is 4. The Morgan fingerprint density at radius 2 is 1.79 bits per heavy atom. The highest BCUT2D eigenvalue weighted by molar-refractivity contribution is 6.35. The fraction of sp³-hybridized carbons (Fsp3) is 0.152. The average molecular weight is 601 g/mol. The molecule has 0 fully saturated rings. The van der Waals surface area contributed by atoms with Gasteiger partial charge in [-0.15, -0.1) is 0 Å². The summed E-state index contributed by atoms with van der Waals surface area (Å²) in [4.78, 5) is 12.5. The molecule has 1 aliphatic heterocycles. The van der Waals surface area contributed by atoms with Gasteiger partial charge in [-0.05, 0) is 66.9 Å². The van der Waals surface area contributed by atoms with Gasteiger partial charge in [0, 0.05) is 27.2 Å². The van der Waals surface area contributed by atoms with E-state index in [9.17, 15) is 10.1 Å². The second-order valence-electron chi connectivity index (χ2n) is 9.68. The molecule has 0 saturated heterocycles. The molecule has 4 aromatic carbocycles. The van der Waals surface area contributed by atoms with Crippen molar-refractivity contribution in [3.05, 3.63) is 128 Å². The van der Waals surface area contributed by atoms with Crippen LogP contribution < -0.4 is 24.7 Å². The monoisotopic (exact) mass is 600 g/mol. The van der Waals surface area contributed by atoms with Crippen LogP contribution in [-0.4, -0.2) is 12.6 Å². The highest BCUT2D eigenvalue weighted by atomic mass is 35.5. The SMILES string of the molecule is Cc1cccc(OCC(=O)Oc2ccc3c(c2)OC(N)=C(C#N)C3c2cccc(OCc3ccc(Cl)cc3Cl)c2)c1C. The topological polar surface area (TPSA) is 104 Å². The first-order chi connectivity index (χ1) is 20.2. The third kappa shape index (κ3) is 6.31. The summed E-state index contributed by atoms with van der Waals surface area (Å²) >= 11 is 12.3. The average Bonchev–Trinajstić information content (AvgIpc) is 2.97. The molecule has 1 unspecified atom stereocenters. The van der Waals surface area contributed by atoms with E-state index in [1.54, 1.807) is 42.5 Å². The molecular formula is C33H26Cl2N2O5. The van der Waals surface area contributed by atoms with Gasteiger partial charge in [0.2, 0.25) is 5.88 Å². The summed E-state index contributed by atoms with van der Waals surface area (Å²) in [5.74, 6) is 0.693. The molecule has 1 heterocycles. The zero-order valence-corrected chi connectivity index (χ0v) is 24.3. The van der Waals surface area contributed by atoms with Crippen LogP contribution in [0.5, 0.6) is 23.0 Å². The standard InChI is InChI=1S/C33H26Cl2N2O5/c1-19-5-3-8-29(20(19)2)40-18-31(38)41-25-11-12-26-30(15-25)42-33(37)27(16-36)32(26)21-6-4-7-24(13-21)39-17-22-9-10-23(34)14-28(22)35/h3-15,32H,17-18,37H2,1-2H3. The maximum atomic E-state index is 12.5. The summed E-state index contributed by atoms with van der Waals surface area (Å²) in [6, 6.07) is 25.4. The third-order valence-corrected chi connectivity index (χ3v) is 7.51. The van der Waals surface area contributed by atoms with Crippen molar-refractivity contribution < 1.29 is 23.7 Å².